The van der Waals surface area contributed by atoms with Crippen LogP contribution in [-0.4, -0.2) is 15.1 Å². The van der Waals surface area contributed by atoms with E-state index in [9.17, 15) is 5.11 Å². The molecular formula is C24H20N2O3. The zero-order chi connectivity index (χ0) is 20.0. The lowest BCUT2D eigenvalue weighted by Gasteiger charge is -2.02. The SMILES string of the molecule is CCc1ccc2oc(-c3ccc(-c4nc5cc(CC)ccc5o4)c(O)c3)nc2c1. The Balaban J connectivity index is 1.53. The summed E-state index contributed by atoms with van der Waals surface area (Å²) >= 11 is 0. The minimum absolute atomic E-state index is 0.0706. The van der Waals surface area contributed by atoms with Crippen molar-refractivity contribution in [1.29, 1.82) is 0 Å². The fourth-order valence-electron chi connectivity index (χ4n) is 3.47. The highest BCUT2D eigenvalue weighted by atomic mass is 16.4. The van der Waals surface area contributed by atoms with Crippen molar-refractivity contribution >= 4 is 22.2 Å². The van der Waals surface area contributed by atoms with Gasteiger partial charge in [0.15, 0.2) is 11.2 Å². The lowest BCUT2D eigenvalue weighted by molar-refractivity contribution is 0.474. The topological polar surface area (TPSA) is 72.3 Å². The third-order valence-corrected chi connectivity index (χ3v) is 5.20. The second-order valence-corrected chi connectivity index (χ2v) is 7.08. The third-order valence-electron chi connectivity index (χ3n) is 5.20. The van der Waals surface area contributed by atoms with Gasteiger partial charge in [0.1, 0.15) is 16.8 Å². The summed E-state index contributed by atoms with van der Waals surface area (Å²) in [4.78, 5) is 9.12. The highest BCUT2D eigenvalue weighted by Gasteiger charge is 2.16. The molecule has 0 aliphatic heterocycles. The van der Waals surface area contributed by atoms with Gasteiger partial charge in [-0.2, -0.15) is 0 Å². The molecule has 2 aromatic heterocycles. The number of phenolic OH excluding ortho intramolecular Hbond substituents is 1. The molecule has 0 amide bonds. The Morgan fingerprint density at radius 3 is 1.90 bits per heavy atom. The molecule has 0 aliphatic carbocycles. The summed E-state index contributed by atoms with van der Waals surface area (Å²) in [5.41, 5.74) is 6.66. The van der Waals surface area contributed by atoms with Crippen LogP contribution in [-0.2, 0) is 12.8 Å². The second-order valence-electron chi connectivity index (χ2n) is 7.08. The number of aromatic hydroxyl groups is 1. The normalized spacial score (nSPS) is 11.5. The Kier molecular flexibility index (Phi) is 4.09. The molecule has 1 N–H and O–H groups in total. The van der Waals surface area contributed by atoms with Crippen molar-refractivity contribution in [3.63, 3.8) is 0 Å². The van der Waals surface area contributed by atoms with E-state index in [-0.39, 0.29) is 5.75 Å². The Morgan fingerprint density at radius 1 is 0.724 bits per heavy atom. The van der Waals surface area contributed by atoms with Crippen LogP contribution in [0.25, 0.3) is 45.1 Å². The van der Waals surface area contributed by atoms with E-state index in [1.807, 2.05) is 42.5 Å². The summed E-state index contributed by atoms with van der Waals surface area (Å²) in [7, 11) is 0. The average Bonchev–Trinajstić information content (AvgIpc) is 3.36. The monoisotopic (exact) mass is 384 g/mol. The van der Waals surface area contributed by atoms with E-state index >= 15 is 0 Å². The number of nitrogens with zero attached hydrogens (tertiary/aromatic N) is 2. The third kappa shape index (κ3) is 3.05. The molecule has 0 atom stereocenters. The predicted octanol–water partition coefficient (Wildman–Crippen LogP) is 6.13. The molecule has 0 radical (unpaired) electrons. The van der Waals surface area contributed by atoms with Gasteiger partial charge in [-0.25, -0.2) is 9.97 Å². The number of hydrogen-bond donors (Lipinski definition) is 1. The molecule has 5 nitrogen and oxygen atoms in total. The number of rotatable bonds is 4. The minimum atomic E-state index is 0.0706. The summed E-state index contributed by atoms with van der Waals surface area (Å²) in [5.74, 6) is 0.934. The largest absolute Gasteiger partial charge is 0.507 e. The van der Waals surface area contributed by atoms with Crippen LogP contribution in [0.3, 0.4) is 0 Å². The predicted molar refractivity (Wildman–Crippen MR) is 113 cm³/mol. The van der Waals surface area contributed by atoms with E-state index in [0.29, 0.717) is 28.5 Å². The molecule has 0 unspecified atom stereocenters. The second kappa shape index (κ2) is 6.78. The van der Waals surface area contributed by atoms with Gasteiger partial charge in [0.2, 0.25) is 11.8 Å². The average molecular weight is 384 g/mol. The van der Waals surface area contributed by atoms with Crippen LogP contribution in [0, 0.1) is 0 Å². The molecule has 0 fully saturated rings. The van der Waals surface area contributed by atoms with Crippen LogP contribution in [0.15, 0.2) is 63.4 Å². The van der Waals surface area contributed by atoms with Gasteiger partial charge >= 0.3 is 0 Å². The fourth-order valence-corrected chi connectivity index (χ4v) is 3.47. The van der Waals surface area contributed by atoms with Crippen LogP contribution in [0.4, 0.5) is 0 Å². The Hall–Kier alpha value is -3.60. The van der Waals surface area contributed by atoms with Crippen molar-refractivity contribution in [1.82, 2.24) is 9.97 Å². The molecule has 5 heteroatoms. The van der Waals surface area contributed by atoms with Gasteiger partial charge in [0.25, 0.3) is 0 Å². The standard InChI is InChI=1S/C24H20N2O3/c1-3-14-5-9-21-18(11-14)25-23(28-21)16-7-8-17(20(27)13-16)24-26-19-12-15(4-2)6-10-22(19)29-24/h5-13,27H,3-4H2,1-2H3. The number of aryl methyl sites for hydroxylation is 2. The fraction of sp³-hybridized carbons (Fsp3) is 0.167. The maximum Gasteiger partial charge on any atom is 0.231 e. The van der Waals surface area contributed by atoms with Gasteiger partial charge in [-0.1, -0.05) is 26.0 Å². The van der Waals surface area contributed by atoms with E-state index < -0.39 is 0 Å². The first-order chi connectivity index (χ1) is 14.1. The quantitative estimate of drug-likeness (QED) is 0.403. The Labute approximate surface area is 167 Å². The summed E-state index contributed by atoms with van der Waals surface area (Å²) in [6.07, 6.45) is 1.88. The Morgan fingerprint density at radius 2 is 1.31 bits per heavy atom. The van der Waals surface area contributed by atoms with Gasteiger partial charge in [-0.3, -0.25) is 0 Å². The van der Waals surface area contributed by atoms with E-state index in [1.165, 1.54) is 11.1 Å². The van der Waals surface area contributed by atoms with Gasteiger partial charge in [-0.15, -0.1) is 0 Å². The maximum atomic E-state index is 10.6. The molecule has 29 heavy (non-hydrogen) atoms. The zero-order valence-corrected chi connectivity index (χ0v) is 16.3. The number of fused-ring (bicyclic) bond motifs is 2. The summed E-state index contributed by atoms with van der Waals surface area (Å²) in [6, 6.07) is 17.2. The summed E-state index contributed by atoms with van der Waals surface area (Å²) in [6.45, 7) is 4.20. The molecule has 0 spiro atoms. The van der Waals surface area contributed by atoms with Gasteiger partial charge in [0, 0.05) is 5.56 Å². The van der Waals surface area contributed by atoms with Gasteiger partial charge in [0.05, 0.1) is 5.56 Å². The van der Waals surface area contributed by atoms with E-state index in [0.717, 1.165) is 29.5 Å². The first kappa shape index (κ1) is 17.5. The number of phenols is 1. The maximum absolute atomic E-state index is 10.6. The highest BCUT2D eigenvalue weighted by molar-refractivity contribution is 5.80. The lowest BCUT2D eigenvalue weighted by Crippen LogP contribution is -1.83. The molecular weight excluding hydrogens is 364 g/mol. The van der Waals surface area contributed by atoms with Crippen LogP contribution >= 0.6 is 0 Å². The van der Waals surface area contributed by atoms with E-state index in [1.54, 1.807) is 12.1 Å². The van der Waals surface area contributed by atoms with Gasteiger partial charge < -0.3 is 13.9 Å². The molecule has 3 aromatic carbocycles. The number of oxazole rings is 2. The molecule has 0 aliphatic rings. The van der Waals surface area contributed by atoms with Crippen molar-refractivity contribution < 1.29 is 13.9 Å². The van der Waals surface area contributed by atoms with E-state index in [4.69, 9.17) is 8.83 Å². The van der Waals surface area contributed by atoms with Crippen LogP contribution in [0.2, 0.25) is 0 Å². The summed E-state index contributed by atoms with van der Waals surface area (Å²) < 4.78 is 11.7. The van der Waals surface area contributed by atoms with Crippen molar-refractivity contribution in [2.75, 3.05) is 0 Å². The Bertz CT molecular complexity index is 1350. The van der Waals surface area contributed by atoms with Crippen LogP contribution < -0.4 is 0 Å². The number of benzene rings is 3. The van der Waals surface area contributed by atoms with Crippen molar-refractivity contribution in [2.45, 2.75) is 26.7 Å². The molecule has 144 valence electrons. The first-order valence-electron chi connectivity index (χ1n) is 9.77. The van der Waals surface area contributed by atoms with Crippen molar-refractivity contribution in [3.8, 4) is 28.7 Å². The molecule has 5 rings (SSSR count). The van der Waals surface area contributed by atoms with Crippen LogP contribution in [0.5, 0.6) is 5.75 Å². The zero-order valence-electron chi connectivity index (χ0n) is 16.3. The molecule has 0 bridgehead atoms. The van der Waals surface area contributed by atoms with Crippen molar-refractivity contribution in [3.05, 3.63) is 65.7 Å². The van der Waals surface area contributed by atoms with Crippen molar-refractivity contribution in [2.24, 2.45) is 0 Å². The van der Waals surface area contributed by atoms with E-state index in [2.05, 4.69) is 23.8 Å². The molecule has 0 saturated carbocycles. The first-order valence-corrected chi connectivity index (χ1v) is 9.77. The lowest BCUT2D eigenvalue weighted by atomic mass is 10.1. The number of aromatic nitrogens is 2. The number of hydrogen-bond acceptors (Lipinski definition) is 5. The molecule has 2 heterocycles. The molecule has 0 saturated heterocycles. The van der Waals surface area contributed by atoms with Gasteiger partial charge in [-0.05, 0) is 66.4 Å². The van der Waals surface area contributed by atoms with Crippen LogP contribution in [0.1, 0.15) is 25.0 Å². The molecule has 5 aromatic rings. The minimum Gasteiger partial charge on any atom is -0.507 e. The summed E-state index contributed by atoms with van der Waals surface area (Å²) in [5, 5.41) is 10.6. The highest BCUT2D eigenvalue weighted by Crippen LogP contribution is 2.35. The smallest absolute Gasteiger partial charge is 0.231 e.